The van der Waals surface area contributed by atoms with Gasteiger partial charge >= 0.3 is 5.69 Å². The van der Waals surface area contributed by atoms with E-state index in [2.05, 4.69) is 4.98 Å². The molecule has 2 aromatic rings. The Morgan fingerprint density at radius 2 is 1.86 bits per heavy atom. The van der Waals surface area contributed by atoms with Crippen LogP contribution in [0.25, 0.3) is 0 Å². The minimum atomic E-state index is -1.21. The van der Waals surface area contributed by atoms with Crippen LogP contribution in [0.1, 0.15) is 10.4 Å². The number of hydrogen-bond donors (Lipinski definition) is 1. The lowest BCUT2D eigenvalue weighted by molar-refractivity contribution is -0.384. The zero-order valence-electron chi connectivity index (χ0n) is 10.1. The smallest absolute Gasteiger partial charge is 0.301 e. The second-order valence-electron chi connectivity index (χ2n) is 3.81. The molecule has 0 aliphatic carbocycles. The molecule has 1 N–H and O–H groups in total. The molecule has 0 aliphatic rings. The first kappa shape index (κ1) is 14.8. The van der Waals surface area contributed by atoms with E-state index in [0.29, 0.717) is 0 Å². The van der Waals surface area contributed by atoms with Crippen molar-refractivity contribution in [2.45, 2.75) is 0 Å². The van der Waals surface area contributed by atoms with Crippen molar-refractivity contribution in [1.82, 2.24) is 4.98 Å². The van der Waals surface area contributed by atoms with E-state index in [4.69, 9.17) is 11.6 Å². The van der Waals surface area contributed by atoms with Gasteiger partial charge in [-0.25, -0.2) is 13.8 Å². The van der Waals surface area contributed by atoms with Crippen molar-refractivity contribution >= 4 is 29.0 Å². The van der Waals surface area contributed by atoms with Crippen molar-refractivity contribution in [2.75, 3.05) is 5.32 Å². The van der Waals surface area contributed by atoms with Crippen molar-refractivity contribution in [2.24, 2.45) is 0 Å². The molecule has 2 rings (SSSR count). The number of nitrogens with one attached hydrogen (secondary N) is 1. The molecule has 0 radical (unpaired) electrons. The van der Waals surface area contributed by atoms with Gasteiger partial charge in [0.1, 0.15) is 22.4 Å². The summed E-state index contributed by atoms with van der Waals surface area (Å²) in [4.78, 5) is 25.4. The Morgan fingerprint density at radius 1 is 1.24 bits per heavy atom. The van der Waals surface area contributed by atoms with E-state index in [9.17, 15) is 23.7 Å². The molecule has 1 heterocycles. The third kappa shape index (κ3) is 3.11. The molecule has 1 aromatic carbocycles. The van der Waals surface area contributed by atoms with Crippen LogP contribution in [0.5, 0.6) is 0 Å². The number of carbonyl (C=O) groups is 1. The van der Waals surface area contributed by atoms with Crippen LogP contribution >= 0.6 is 11.6 Å². The lowest BCUT2D eigenvalue weighted by Gasteiger charge is -2.07. The minimum absolute atomic E-state index is 0.120. The van der Waals surface area contributed by atoms with E-state index >= 15 is 0 Å². The molecule has 0 bridgehead atoms. The van der Waals surface area contributed by atoms with E-state index in [1.807, 2.05) is 5.32 Å². The van der Waals surface area contributed by atoms with Gasteiger partial charge in [0, 0.05) is 6.07 Å². The van der Waals surface area contributed by atoms with Gasteiger partial charge in [-0.3, -0.25) is 14.9 Å². The molecule has 9 heteroatoms. The normalized spacial score (nSPS) is 10.2. The number of carbonyl (C=O) groups excluding carboxylic acids is 1. The number of hydrogen-bond acceptors (Lipinski definition) is 4. The highest BCUT2D eigenvalue weighted by Crippen LogP contribution is 2.25. The summed E-state index contributed by atoms with van der Waals surface area (Å²) >= 11 is 5.58. The van der Waals surface area contributed by atoms with Crippen LogP contribution in [-0.4, -0.2) is 15.8 Å². The summed E-state index contributed by atoms with van der Waals surface area (Å²) in [5.41, 5.74) is -1.42. The highest BCUT2D eigenvalue weighted by molar-refractivity contribution is 6.29. The van der Waals surface area contributed by atoms with Crippen LogP contribution in [-0.2, 0) is 0 Å². The Kier molecular flexibility index (Phi) is 4.08. The molecule has 0 spiro atoms. The number of amides is 1. The van der Waals surface area contributed by atoms with Crippen molar-refractivity contribution in [3.63, 3.8) is 0 Å². The van der Waals surface area contributed by atoms with Crippen LogP contribution in [0.4, 0.5) is 20.3 Å². The van der Waals surface area contributed by atoms with Crippen molar-refractivity contribution in [3.05, 3.63) is 62.8 Å². The summed E-state index contributed by atoms with van der Waals surface area (Å²) < 4.78 is 26.9. The molecule has 0 aliphatic heterocycles. The summed E-state index contributed by atoms with van der Waals surface area (Å²) in [7, 11) is 0. The summed E-state index contributed by atoms with van der Waals surface area (Å²) in [6.07, 6.45) is 0. The Hall–Kier alpha value is -2.61. The van der Waals surface area contributed by atoms with Crippen LogP contribution in [0.2, 0.25) is 5.15 Å². The Balaban J connectivity index is 2.40. The molecule has 108 valence electrons. The number of halogens is 3. The van der Waals surface area contributed by atoms with E-state index in [1.54, 1.807) is 0 Å². The standard InChI is InChI=1S/C12H6ClF2N3O3/c13-9-5-4-8(18(20)21)11(16-9)17-12(19)10-6(14)2-1-3-7(10)15/h1-5H,(H,16,17,19). The summed E-state index contributed by atoms with van der Waals surface area (Å²) in [6.45, 7) is 0. The number of anilines is 1. The molecule has 6 nitrogen and oxygen atoms in total. The van der Waals surface area contributed by atoms with E-state index in [1.165, 1.54) is 0 Å². The molecule has 1 amide bonds. The second kappa shape index (κ2) is 5.80. The first-order chi connectivity index (χ1) is 9.90. The molecule has 1 aromatic heterocycles. The van der Waals surface area contributed by atoms with Gasteiger partial charge in [0.15, 0.2) is 0 Å². The molecular weight excluding hydrogens is 308 g/mol. The lowest BCUT2D eigenvalue weighted by Crippen LogP contribution is -2.17. The number of aromatic nitrogens is 1. The van der Waals surface area contributed by atoms with Gasteiger partial charge in [-0.1, -0.05) is 17.7 Å². The van der Waals surface area contributed by atoms with Crippen LogP contribution in [0.3, 0.4) is 0 Å². The van der Waals surface area contributed by atoms with Crippen molar-refractivity contribution in [3.8, 4) is 0 Å². The fraction of sp³-hybridized carbons (Fsp3) is 0. The van der Waals surface area contributed by atoms with Gasteiger partial charge in [-0.15, -0.1) is 0 Å². The molecule has 0 saturated carbocycles. The molecule has 0 saturated heterocycles. The maximum atomic E-state index is 13.5. The molecule has 21 heavy (non-hydrogen) atoms. The quantitative estimate of drug-likeness (QED) is 0.536. The molecule has 0 fully saturated rings. The number of nitro groups is 1. The highest BCUT2D eigenvalue weighted by Gasteiger charge is 2.22. The van der Waals surface area contributed by atoms with Crippen LogP contribution in [0.15, 0.2) is 30.3 Å². The topological polar surface area (TPSA) is 85.1 Å². The number of benzene rings is 1. The SMILES string of the molecule is O=C(Nc1nc(Cl)ccc1[N+](=O)[O-])c1c(F)cccc1F. The number of nitrogens with zero attached hydrogens (tertiary/aromatic N) is 2. The predicted molar refractivity (Wildman–Crippen MR) is 70.2 cm³/mol. The van der Waals surface area contributed by atoms with E-state index in [0.717, 1.165) is 30.3 Å². The maximum absolute atomic E-state index is 13.5. The summed E-state index contributed by atoms with van der Waals surface area (Å²) in [6, 6.07) is 5.03. The van der Waals surface area contributed by atoms with E-state index < -0.39 is 39.5 Å². The fourth-order valence-electron chi connectivity index (χ4n) is 1.55. The van der Waals surface area contributed by atoms with E-state index in [-0.39, 0.29) is 5.15 Å². The average Bonchev–Trinajstić information content (AvgIpc) is 2.38. The predicted octanol–water partition coefficient (Wildman–Crippen LogP) is 3.17. The number of pyridine rings is 1. The summed E-state index contributed by atoms with van der Waals surface area (Å²) in [5.74, 6) is -3.90. The lowest BCUT2D eigenvalue weighted by atomic mass is 10.2. The highest BCUT2D eigenvalue weighted by atomic mass is 35.5. The van der Waals surface area contributed by atoms with Gasteiger partial charge in [0.2, 0.25) is 5.82 Å². The minimum Gasteiger partial charge on any atom is -0.301 e. The van der Waals surface area contributed by atoms with Crippen molar-refractivity contribution in [1.29, 1.82) is 0 Å². The third-order valence-corrected chi connectivity index (χ3v) is 2.67. The first-order valence-electron chi connectivity index (χ1n) is 5.46. The zero-order chi connectivity index (χ0) is 15.6. The third-order valence-electron chi connectivity index (χ3n) is 2.46. The van der Waals surface area contributed by atoms with Crippen LogP contribution in [0, 0.1) is 21.7 Å². The Morgan fingerprint density at radius 3 is 2.43 bits per heavy atom. The largest absolute Gasteiger partial charge is 0.311 e. The first-order valence-corrected chi connectivity index (χ1v) is 5.84. The molecular formula is C12H6ClF2N3O3. The van der Waals surface area contributed by atoms with Gasteiger partial charge < -0.3 is 5.32 Å². The monoisotopic (exact) mass is 313 g/mol. The number of rotatable bonds is 3. The zero-order valence-corrected chi connectivity index (χ0v) is 10.9. The van der Waals surface area contributed by atoms with Gasteiger partial charge in [-0.05, 0) is 18.2 Å². The van der Waals surface area contributed by atoms with Crippen LogP contribution < -0.4 is 5.32 Å². The fourth-order valence-corrected chi connectivity index (χ4v) is 1.70. The van der Waals surface area contributed by atoms with Gasteiger partial charge in [0.05, 0.1) is 4.92 Å². The van der Waals surface area contributed by atoms with Gasteiger partial charge in [0.25, 0.3) is 5.91 Å². The molecule has 0 atom stereocenters. The molecule has 0 unspecified atom stereocenters. The summed E-state index contributed by atoms with van der Waals surface area (Å²) in [5, 5.41) is 12.7. The average molecular weight is 314 g/mol. The van der Waals surface area contributed by atoms with Gasteiger partial charge in [-0.2, -0.15) is 0 Å². The maximum Gasteiger partial charge on any atom is 0.311 e. The Labute approximate surface area is 121 Å². The Bertz CT molecular complexity index is 719. The van der Waals surface area contributed by atoms with Crippen molar-refractivity contribution < 1.29 is 18.5 Å². The second-order valence-corrected chi connectivity index (χ2v) is 4.20.